The Morgan fingerprint density at radius 3 is 2.85 bits per heavy atom. The van der Waals surface area contributed by atoms with Gasteiger partial charge in [-0.1, -0.05) is 38.8 Å². The van der Waals surface area contributed by atoms with Crippen molar-refractivity contribution in [2.24, 2.45) is 0 Å². The monoisotopic (exact) mass is 275 g/mol. The lowest BCUT2D eigenvalue weighted by Gasteiger charge is -2.35. The Kier molecular flexibility index (Phi) is 5.18. The smallest absolute Gasteiger partial charge is 0.335 e. The molecule has 1 aliphatic heterocycles. The summed E-state index contributed by atoms with van der Waals surface area (Å²) in [5, 5.41) is 9.26. The number of carboxylic acid groups (broad SMARTS) is 1. The number of carboxylic acids is 1. The molecule has 0 saturated carbocycles. The van der Waals surface area contributed by atoms with Crippen molar-refractivity contribution in [3.63, 3.8) is 0 Å². The van der Waals surface area contributed by atoms with Crippen LogP contribution in [0.4, 0.5) is 0 Å². The van der Waals surface area contributed by atoms with Gasteiger partial charge in [-0.15, -0.1) is 0 Å². The van der Waals surface area contributed by atoms with Crippen LogP contribution in [0.15, 0.2) is 18.2 Å². The number of carbonyl (C=O) groups is 1. The van der Waals surface area contributed by atoms with Crippen LogP contribution in [0.25, 0.3) is 0 Å². The van der Waals surface area contributed by atoms with Crippen LogP contribution in [0, 0.1) is 0 Å². The molecule has 0 bridgehead atoms. The molecule has 0 aliphatic carbocycles. The zero-order valence-corrected chi connectivity index (χ0v) is 12.6. The van der Waals surface area contributed by atoms with Gasteiger partial charge in [0, 0.05) is 19.1 Å². The first-order valence-corrected chi connectivity index (χ1v) is 7.75. The van der Waals surface area contributed by atoms with Crippen molar-refractivity contribution in [3.8, 4) is 0 Å². The normalized spacial score (nSPS) is 16.7. The van der Waals surface area contributed by atoms with E-state index in [4.69, 9.17) is 0 Å². The summed E-state index contributed by atoms with van der Waals surface area (Å²) in [6.07, 6.45) is 5.80. The molecule has 1 N–H and O–H groups in total. The van der Waals surface area contributed by atoms with Crippen LogP contribution in [0.2, 0.25) is 0 Å². The Hall–Kier alpha value is -1.35. The molecule has 0 saturated heterocycles. The summed E-state index contributed by atoms with van der Waals surface area (Å²) in [7, 11) is 0. The van der Waals surface area contributed by atoms with Crippen LogP contribution in [-0.4, -0.2) is 28.6 Å². The predicted octanol–water partition coefficient (Wildman–Crippen LogP) is 3.71. The average molecular weight is 275 g/mol. The van der Waals surface area contributed by atoms with E-state index < -0.39 is 5.97 Å². The second kappa shape index (κ2) is 6.89. The van der Waals surface area contributed by atoms with Crippen molar-refractivity contribution in [1.82, 2.24) is 4.90 Å². The molecule has 110 valence electrons. The molecule has 20 heavy (non-hydrogen) atoms. The van der Waals surface area contributed by atoms with Gasteiger partial charge in [-0.25, -0.2) is 4.79 Å². The summed E-state index contributed by atoms with van der Waals surface area (Å²) in [5.41, 5.74) is 2.73. The molecule has 1 atom stereocenters. The minimum Gasteiger partial charge on any atom is -0.478 e. The molecule has 0 radical (unpaired) electrons. The second-order valence-electron chi connectivity index (χ2n) is 5.67. The molecule has 0 spiro atoms. The summed E-state index contributed by atoms with van der Waals surface area (Å²) in [6.45, 7) is 6.37. The number of unbranched alkanes of at least 4 members (excludes halogenated alkanes) is 1. The maximum Gasteiger partial charge on any atom is 0.335 e. The SMILES string of the molecule is CCCCC(CC)N1CCc2c(cccc2C(=O)O)C1. The Labute approximate surface area is 121 Å². The molecular weight excluding hydrogens is 250 g/mol. The standard InChI is InChI=1S/C17H25NO2/c1-3-5-8-14(4-2)18-11-10-15-13(12-18)7-6-9-16(15)17(19)20/h6-7,9,14H,3-5,8,10-12H2,1-2H3,(H,19,20). The van der Waals surface area contributed by atoms with Gasteiger partial charge in [0.1, 0.15) is 0 Å². The molecule has 1 heterocycles. The molecule has 1 aromatic rings. The number of benzene rings is 1. The van der Waals surface area contributed by atoms with Crippen molar-refractivity contribution < 1.29 is 9.90 Å². The minimum absolute atomic E-state index is 0.490. The lowest BCUT2D eigenvalue weighted by atomic mass is 9.92. The van der Waals surface area contributed by atoms with Crippen LogP contribution in [0.1, 0.15) is 61.0 Å². The summed E-state index contributed by atoms with van der Waals surface area (Å²) in [4.78, 5) is 13.8. The quantitative estimate of drug-likeness (QED) is 0.860. The van der Waals surface area contributed by atoms with Crippen molar-refractivity contribution in [3.05, 3.63) is 34.9 Å². The number of nitrogens with zero attached hydrogens (tertiary/aromatic N) is 1. The average Bonchev–Trinajstić information content (AvgIpc) is 2.47. The molecule has 0 aromatic heterocycles. The highest BCUT2D eigenvalue weighted by Gasteiger charge is 2.24. The number of aromatic carboxylic acids is 1. The van der Waals surface area contributed by atoms with Gasteiger partial charge in [0.15, 0.2) is 0 Å². The van der Waals surface area contributed by atoms with E-state index in [1.807, 2.05) is 6.07 Å². The molecule has 2 rings (SSSR count). The van der Waals surface area contributed by atoms with Crippen LogP contribution in [0.3, 0.4) is 0 Å². The summed E-state index contributed by atoms with van der Waals surface area (Å²) in [5.74, 6) is -0.798. The van der Waals surface area contributed by atoms with E-state index in [2.05, 4.69) is 24.8 Å². The summed E-state index contributed by atoms with van der Waals surface area (Å²) >= 11 is 0. The Morgan fingerprint density at radius 2 is 2.20 bits per heavy atom. The molecule has 3 nitrogen and oxygen atoms in total. The highest BCUT2D eigenvalue weighted by molar-refractivity contribution is 5.89. The van der Waals surface area contributed by atoms with Crippen molar-refractivity contribution >= 4 is 5.97 Å². The fourth-order valence-corrected chi connectivity index (χ4v) is 3.23. The maximum absolute atomic E-state index is 11.3. The lowest BCUT2D eigenvalue weighted by Crippen LogP contribution is -2.39. The van der Waals surface area contributed by atoms with Gasteiger partial charge in [0.25, 0.3) is 0 Å². The van der Waals surface area contributed by atoms with Crippen LogP contribution in [0.5, 0.6) is 0 Å². The predicted molar refractivity (Wildman–Crippen MR) is 81.1 cm³/mol. The first-order chi connectivity index (χ1) is 9.67. The third-order valence-corrected chi connectivity index (χ3v) is 4.40. The van der Waals surface area contributed by atoms with Crippen molar-refractivity contribution in [2.45, 2.75) is 58.5 Å². The zero-order valence-electron chi connectivity index (χ0n) is 12.6. The fourth-order valence-electron chi connectivity index (χ4n) is 3.23. The first kappa shape index (κ1) is 15.0. The highest BCUT2D eigenvalue weighted by Crippen LogP contribution is 2.26. The topological polar surface area (TPSA) is 40.5 Å². The minimum atomic E-state index is -0.798. The Morgan fingerprint density at radius 1 is 1.40 bits per heavy atom. The van der Waals surface area contributed by atoms with Gasteiger partial charge >= 0.3 is 5.97 Å². The van der Waals surface area contributed by atoms with Gasteiger partial charge in [-0.2, -0.15) is 0 Å². The molecule has 1 aromatic carbocycles. The summed E-state index contributed by atoms with van der Waals surface area (Å²) < 4.78 is 0. The molecule has 0 fully saturated rings. The third-order valence-electron chi connectivity index (χ3n) is 4.40. The molecule has 1 aliphatic rings. The van der Waals surface area contributed by atoms with E-state index in [-0.39, 0.29) is 0 Å². The van der Waals surface area contributed by atoms with E-state index in [1.54, 1.807) is 6.07 Å². The largest absolute Gasteiger partial charge is 0.478 e. The number of rotatable bonds is 6. The van der Waals surface area contributed by atoms with Gasteiger partial charge in [0.05, 0.1) is 5.56 Å². The third kappa shape index (κ3) is 3.21. The van der Waals surface area contributed by atoms with Gasteiger partial charge in [-0.3, -0.25) is 4.90 Å². The highest BCUT2D eigenvalue weighted by atomic mass is 16.4. The van der Waals surface area contributed by atoms with Gasteiger partial charge < -0.3 is 5.11 Å². The van der Waals surface area contributed by atoms with E-state index in [0.29, 0.717) is 11.6 Å². The van der Waals surface area contributed by atoms with Crippen LogP contribution < -0.4 is 0 Å². The van der Waals surface area contributed by atoms with Gasteiger partial charge in [0.2, 0.25) is 0 Å². The Balaban J connectivity index is 2.14. The van der Waals surface area contributed by atoms with E-state index in [0.717, 1.165) is 25.1 Å². The molecular formula is C17H25NO2. The van der Waals surface area contributed by atoms with E-state index >= 15 is 0 Å². The lowest BCUT2D eigenvalue weighted by molar-refractivity contribution is 0.0694. The van der Waals surface area contributed by atoms with E-state index in [1.165, 1.54) is 31.2 Å². The second-order valence-corrected chi connectivity index (χ2v) is 5.67. The van der Waals surface area contributed by atoms with Crippen molar-refractivity contribution in [2.75, 3.05) is 6.54 Å². The van der Waals surface area contributed by atoms with Crippen LogP contribution in [-0.2, 0) is 13.0 Å². The van der Waals surface area contributed by atoms with E-state index in [9.17, 15) is 9.90 Å². The molecule has 0 amide bonds. The fraction of sp³-hybridized carbons (Fsp3) is 0.588. The zero-order chi connectivity index (χ0) is 14.5. The number of fused-ring (bicyclic) bond motifs is 1. The van der Waals surface area contributed by atoms with Gasteiger partial charge in [-0.05, 0) is 36.5 Å². The van der Waals surface area contributed by atoms with Crippen molar-refractivity contribution in [1.29, 1.82) is 0 Å². The molecule has 3 heteroatoms. The number of hydrogen-bond donors (Lipinski definition) is 1. The molecule has 1 unspecified atom stereocenters. The Bertz CT molecular complexity index is 470. The van der Waals surface area contributed by atoms with Crippen LogP contribution >= 0.6 is 0 Å². The maximum atomic E-state index is 11.3. The first-order valence-electron chi connectivity index (χ1n) is 7.75. The summed E-state index contributed by atoms with van der Waals surface area (Å²) in [6, 6.07) is 6.32. The number of hydrogen-bond acceptors (Lipinski definition) is 2.